The fourth-order valence-corrected chi connectivity index (χ4v) is 5.03. The van der Waals surface area contributed by atoms with Crippen LogP contribution >= 0.6 is 0 Å². The van der Waals surface area contributed by atoms with E-state index in [9.17, 15) is 9.59 Å². The standard InChI is InChI=1S/C28H40BN3O5/c1-26(2,3)23(31-25(34)35-8)24(33)32-15-9-10-22(32)21-16-19(17-30-21)18-11-13-20(14-12-18)29-36-27(4,5)28(6,7)37-29/h11-14,17,22-23H,9-10,15-16H2,1-8H3,(H,31,34)/t22-,23+/m0/s1. The number of allylic oxidation sites excluding steroid dienone is 1. The predicted molar refractivity (Wildman–Crippen MR) is 146 cm³/mol. The summed E-state index contributed by atoms with van der Waals surface area (Å²) in [5.74, 6) is -0.0942. The molecule has 1 N–H and O–H groups in total. The first-order chi connectivity index (χ1) is 17.2. The Morgan fingerprint density at radius 2 is 1.76 bits per heavy atom. The van der Waals surface area contributed by atoms with Crippen LogP contribution < -0.4 is 10.8 Å². The molecule has 0 spiro atoms. The molecule has 2 atom stereocenters. The Balaban J connectivity index is 1.42. The van der Waals surface area contributed by atoms with Gasteiger partial charge in [0.05, 0.1) is 24.4 Å². The number of alkyl carbamates (subject to hydrolysis) is 1. The maximum Gasteiger partial charge on any atom is 0.494 e. The normalized spacial score (nSPS) is 23.5. The van der Waals surface area contributed by atoms with Gasteiger partial charge in [0.1, 0.15) is 6.04 Å². The summed E-state index contributed by atoms with van der Waals surface area (Å²) in [6.07, 6.45) is 3.77. The Morgan fingerprint density at radius 3 is 2.32 bits per heavy atom. The highest BCUT2D eigenvalue weighted by Gasteiger charge is 2.51. The average Bonchev–Trinajstić information content (AvgIpc) is 3.54. The number of nitrogens with zero attached hydrogens (tertiary/aromatic N) is 2. The molecule has 4 rings (SSSR count). The molecule has 0 saturated carbocycles. The van der Waals surface area contributed by atoms with Crippen LogP contribution in [0.1, 0.15) is 73.3 Å². The van der Waals surface area contributed by atoms with Gasteiger partial charge in [-0.1, -0.05) is 45.0 Å². The summed E-state index contributed by atoms with van der Waals surface area (Å²) in [5, 5.41) is 2.74. The lowest BCUT2D eigenvalue weighted by Crippen LogP contribution is -2.56. The molecule has 0 bridgehead atoms. The number of carbonyl (C=O) groups is 2. The van der Waals surface area contributed by atoms with E-state index in [4.69, 9.17) is 19.0 Å². The molecule has 1 aromatic rings. The second-order valence-electron chi connectivity index (χ2n) is 12.3. The molecule has 200 valence electrons. The van der Waals surface area contributed by atoms with Crippen molar-refractivity contribution in [3.8, 4) is 0 Å². The van der Waals surface area contributed by atoms with Crippen molar-refractivity contribution in [3.05, 3.63) is 36.0 Å². The van der Waals surface area contributed by atoms with Gasteiger partial charge in [0.25, 0.3) is 0 Å². The van der Waals surface area contributed by atoms with E-state index in [0.717, 1.165) is 35.2 Å². The molecule has 3 heterocycles. The zero-order valence-corrected chi connectivity index (χ0v) is 23.4. The fraction of sp³-hybridized carbons (Fsp3) is 0.607. The van der Waals surface area contributed by atoms with Gasteiger partial charge in [0.2, 0.25) is 5.91 Å². The van der Waals surface area contributed by atoms with E-state index in [1.54, 1.807) is 0 Å². The summed E-state index contributed by atoms with van der Waals surface area (Å²) in [4.78, 5) is 32.1. The third kappa shape index (κ3) is 5.48. The number of nitrogens with one attached hydrogen (secondary N) is 1. The van der Waals surface area contributed by atoms with Crippen LogP contribution in [0.5, 0.6) is 0 Å². The second-order valence-corrected chi connectivity index (χ2v) is 12.3. The SMILES string of the molecule is COC(=O)N[C@H](C(=O)N1CCC[C@H]1C1=NC=C(c2ccc(B3OC(C)(C)C(C)(C)O3)cc2)C1)C(C)(C)C. The average molecular weight is 509 g/mol. The Bertz CT molecular complexity index is 1090. The van der Waals surface area contributed by atoms with Crippen molar-refractivity contribution in [2.45, 2.75) is 91.0 Å². The summed E-state index contributed by atoms with van der Waals surface area (Å²) in [5.41, 5.74) is 2.97. The minimum Gasteiger partial charge on any atom is -0.453 e. The van der Waals surface area contributed by atoms with Crippen LogP contribution in [0.3, 0.4) is 0 Å². The van der Waals surface area contributed by atoms with Crippen LogP contribution in [0, 0.1) is 5.41 Å². The van der Waals surface area contributed by atoms with Crippen LogP contribution in [0.4, 0.5) is 4.79 Å². The highest BCUT2D eigenvalue weighted by molar-refractivity contribution is 6.62. The number of likely N-dealkylation sites (tertiary alicyclic amines) is 1. The monoisotopic (exact) mass is 509 g/mol. The molecule has 2 saturated heterocycles. The van der Waals surface area contributed by atoms with Gasteiger partial charge in [-0.2, -0.15) is 0 Å². The zero-order chi connectivity index (χ0) is 27.2. The molecule has 0 aliphatic carbocycles. The molecule has 8 nitrogen and oxygen atoms in total. The minimum absolute atomic E-state index is 0.0745. The third-order valence-corrected chi connectivity index (χ3v) is 8.05. The highest BCUT2D eigenvalue weighted by Crippen LogP contribution is 2.37. The summed E-state index contributed by atoms with van der Waals surface area (Å²) in [6, 6.07) is 7.51. The molecule has 0 radical (unpaired) electrons. The van der Waals surface area contributed by atoms with Crippen LogP contribution in [0.25, 0.3) is 5.57 Å². The number of ether oxygens (including phenoxy) is 1. The van der Waals surface area contributed by atoms with E-state index in [0.29, 0.717) is 13.0 Å². The number of methoxy groups -OCH3 is 1. The number of aliphatic imine (C=N–C) groups is 1. The van der Waals surface area contributed by atoms with E-state index in [-0.39, 0.29) is 23.2 Å². The van der Waals surface area contributed by atoms with Gasteiger partial charge in [-0.15, -0.1) is 0 Å². The Hall–Kier alpha value is -2.65. The lowest BCUT2D eigenvalue weighted by atomic mass is 9.78. The predicted octanol–water partition coefficient (Wildman–Crippen LogP) is 3.93. The maximum absolute atomic E-state index is 13.6. The van der Waals surface area contributed by atoms with Gasteiger partial charge >= 0.3 is 13.2 Å². The summed E-state index contributed by atoms with van der Waals surface area (Å²) < 4.78 is 17.1. The molecule has 0 aromatic heterocycles. The van der Waals surface area contributed by atoms with Crippen LogP contribution in [0.15, 0.2) is 35.5 Å². The third-order valence-electron chi connectivity index (χ3n) is 8.05. The van der Waals surface area contributed by atoms with Gasteiger partial charge in [-0.3, -0.25) is 9.79 Å². The van der Waals surface area contributed by atoms with Crippen LogP contribution in [-0.4, -0.2) is 66.7 Å². The lowest BCUT2D eigenvalue weighted by Gasteiger charge is -2.35. The van der Waals surface area contributed by atoms with Crippen molar-refractivity contribution in [1.29, 1.82) is 0 Å². The molecule has 3 aliphatic rings. The largest absolute Gasteiger partial charge is 0.494 e. The number of carbonyl (C=O) groups excluding carboxylic acids is 2. The molecule has 3 aliphatic heterocycles. The van der Waals surface area contributed by atoms with Crippen molar-refractivity contribution >= 4 is 35.9 Å². The fourth-order valence-electron chi connectivity index (χ4n) is 5.03. The number of benzene rings is 1. The number of rotatable bonds is 5. The van der Waals surface area contributed by atoms with Crippen molar-refractivity contribution in [2.24, 2.45) is 10.4 Å². The van der Waals surface area contributed by atoms with E-state index in [2.05, 4.69) is 45.1 Å². The quantitative estimate of drug-likeness (QED) is 0.608. The molecular weight excluding hydrogens is 469 g/mol. The summed E-state index contributed by atoms with van der Waals surface area (Å²) in [7, 11) is 0.913. The summed E-state index contributed by atoms with van der Waals surface area (Å²) in [6.45, 7) is 14.7. The molecule has 2 amide bonds. The van der Waals surface area contributed by atoms with Gasteiger partial charge in [-0.25, -0.2) is 4.79 Å². The molecule has 2 fully saturated rings. The van der Waals surface area contributed by atoms with Gasteiger partial charge in [0.15, 0.2) is 0 Å². The van der Waals surface area contributed by atoms with E-state index in [1.165, 1.54) is 7.11 Å². The number of hydrogen-bond donors (Lipinski definition) is 1. The van der Waals surface area contributed by atoms with Crippen molar-refractivity contribution in [3.63, 3.8) is 0 Å². The first kappa shape index (κ1) is 27.4. The molecule has 1 aromatic carbocycles. The van der Waals surface area contributed by atoms with Gasteiger partial charge < -0.3 is 24.3 Å². The first-order valence-corrected chi connectivity index (χ1v) is 13.1. The maximum atomic E-state index is 13.6. The van der Waals surface area contributed by atoms with Crippen LogP contribution in [-0.2, 0) is 18.8 Å². The van der Waals surface area contributed by atoms with E-state index >= 15 is 0 Å². The Kier molecular flexibility index (Phi) is 7.34. The van der Waals surface area contributed by atoms with Crippen molar-refractivity contribution in [2.75, 3.05) is 13.7 Å². The van der Waals surface area contributed by atoms with Crippen molar-refractivity contribution < 1.29 is 23.6 Å². The topological polar surface area (TPSA) is 89.5 Å². The van der Waals surface area contributed by atoms with Crippen molar-refractivity contribution in [1.82, 2.24) is 10.2 Å². The lowest BCUT2D eigenvalue weighted by molar-refractivity contribution is -0.135. The number of hydrogen-bond acceptors (Lipinski definition) is 6. The Labute approximate surface area is 221 Å². The van der Waals surface area contributed by atoms with Gasteiger partial charge in [0, 0.05) is 24.9 Å². The molecule has 37 heavy (non-hydrogen) atoms. The first-order valence-electron chi connectivity index (χ1n) is 13.1. The van der Waals surface area contributed by atoms with E-state index < -0.39 is 24.7 Å². The molecular formula is C28H40BN3O5. The Morgan fingerprint density at radius 1 is 1.14 bits per heavy atom. The molecule has 9 heteroatoms. The summed E-state index contributed by atoms with van der Waals surface area (Å²) >= 11 is 0. The van der Waals surface area contributed by atoms with Gasteiger partial charge in [-0.05, 0) is 62.6 Å². The number of amides is 2. The second kappa shape index (κ2) is 9.91. The highest BCUT2D eigenvalue weighted by atomic mass is 16.7. The smallest absolute Gasteiger partial charge is 0.453 e. The minimum atomic E-state index is -0.683. The zero-order valence-electron chi connectivity index (χ0n) is 23.4. The van der Waals surface area contributed by atoms with E-state index in [1.807, 2.05) is 44.0 Å². The van der Waals surface area contributed by atoms with Crippen LogP contribution in [0.2, 0.25) is 0 Å². The molecule has 0 unspecified atom stereocenters.